The molecule has 5 heteroatoms. The molecule has 0 aliphatic rings. The molecule has 0 bridgehead atoms. The molecule has 0 unspecified atom stereocenters. The minimum atomic E-state index is -3.81. The van der Waals surface area contributed by atoms with Crippen molar-refractivity contribution in [1.29, 1.82) is 0 Å². The van der Waals surface area contributed by atoms with Gasteiger partial charge in [0.1, 0.15) is 6.61 Å². The molecule has 0 atom stereocenters. The molecule has 0 amide bonds. The molecule has 64 valence electrons. The topological polar surface area (TPSA) is 52.6 Å². The third kappa shape index (κ3) is 5.85. The van der Waals surface area contributed by atoms with E-state index in [1.807, 2.05) is 0 Å². The van der Waals surface area contributed by atoms with Gasteiger partial charge in [-0.2, -0.15) is 8.42 Å². The molecule has 0 spiro atoms. The summed E-state index contributed by atoms with van der Waals surface area (Å²) in [6.45, 7) is 3.07. The summed E-state index contributed by atoms with van der Waals surface area (Å²) in [7, 11) is -3.81. The Kier molecular flexibility index (Phi) is 4.86. The average Bonchev–Trinajstić information content (AvgIpc) is 1.87. The van der Waals surface area contributed by atoms with Crippen molar-refractivity contribution in [2.75, 3.05) is 13.2 Å². The fourth-order valence-corrected chi connectivity index (χ4v) is 0.912. The quantitative estimate of drug-likeness (QED) is 0.581. The van der Waals surface area contributed by atoms with Crippen molar-refractivity contribution >= 4 is 10.4 Å². The molecule has 0 aromatic carbocycles. The van der Waals surface area contributed by atoms with Gasteiger partial charge in [-0.1, -0.05) is 5.92 Å². The van der Waals surface area contributed by atoms with Crippen molar-refractivity contribution in [2.24, 2.45) is 0 Å². The number of rotatable bonds is 4. The lowest BCUT2D eigenvalue weighted by Gasteiger charge is -1.98. The van der Waals surface area contributed by atoms with Gasteiger partial charge < -0.3 is 0 Å². The summed E-state index contributed by atoms with van der Waals surface area (Å²) in [4.78, 5) is 0. The second-order valence-electron chi connectivity index (χ2n) is 1.50. The molecule has 0 radical (unpaired) electrons. The molecule has 0 aromatic rings. The SMILES string of the molecule is CC#CCOS(=O)(=O)OCC. The summed E-state index contributed by atoms with van der Waals surface area (Å²) in [6, 6.07) is 0. The van der Waals surface area contributed by atoms with Gasteiger partial charge in [0.2, 0.25) is 0 Å². The largest absolute Gasteiger partial charge is 0.400 e. The van der Waals surface area contributed by atoms with Crippen LogP contribution in [-0.2, 0) is 18.8 Å². The first kappa shape index (κ1) is 10.4. The highest BCUT2D eigenvalue weighted by atomic mass is 32.3. The molecule has 0 N–H and O–H groups in total. The fraction of sp³-hybridized carbons (Fsp3) is 0.667. The van der Waals surface area contributed by atoms with Gasteiger partial charge in [0.05, 0.1) is 6.61 Å². The lowest BCUT2D eigenvalue weighted by molar-refractivity contribution is 0.241. The van der Waals surface area contributed by atoms with E-state index in [0.717, 1.165) is 0 Å². The van der Waals surface area contributed by atoms with Crippen LogP contribution < -0.4 is 0 Å². The summed E-state index contributed by atoms with van der Waals surface area (Å²) in [6.07, 6.45) is 0. The van der Waals surface area contributed by atoms with E-state index in [1.165, 1.54) is 0 Å². The smallest absolute Gasteiger partial charge is 0.248 e. The molecule has 0 fully saturated rings. The Morgan fingerprint density at radius 2 is 2.00 bits per heavy atom. The summed E-state index contributed by atoms with van der Waals surface area (Å²) in [5.74, 6) is 4.92. The highest BCUT2D eigenvalue weighted by molar-refractivity contribution is 7.81. The second-order valence-corrected chi connectivity index (χ2v) is 2.79. The van der Waals surface area contributed by atoms with E-state index in [-0.39, 0.29) is 13.2 Å². The predicted octanol–water partition coefficient (Wildman–Crippen LogP) is 0.308. The van der Waals surface area contributed by atoms with E-state index < -0.39 is 10.4 Å². The van der Waals surface area contributed by atoms with Crippen molar-refractivity contribution in [3.8, 4) is 11.8 Å². The van der Waals surface area contributed by atoms with Gasteiger partial charge in [0, 0.05) is 0 Å². The van der Waals surface area contributed by atoms with E-state index in [9.17, 15) is 8.42 Å². The van der Waals surface area contributed by atoms with Crippen LogP contribution in [-0.4, -0.2) is 21.6 Å². The minimum Gasteiger partial charge on any atom is -0.248 e. The van der Waals surface area contributed by atoms with Gasteiger partial charge >= 0.3 is 10.4 Å². The van der Waals surface area contributed by atoms with Gasteiger partial charge in [-0.25, -0.2) is 8.37 Å². The first-order valence-electron chi connectivity index (χ1n) is 3.05. The van der Waals surface area contributed by atoms with E-state index in [0.29, 0.717) is 0 Å². The molecule has 0 aliphatic carbocycles. The van der Waals surface area contributed by atoms with Gasteiger partial charge in [-0.05, 0) is 13.8 Å². The van der Waals surface area contributed by atoms with Crippen LogP contribution in [0.5, 0.6) is 0 Å². The van der Waals surface area contributed by atoms with Gasteiger partial charge in [0.15, 0.2) is 0 Å². The van der Waals surface area contributed by atoms with Gasteiger partial charge in [-0.3, -0.25) is 0 Å². The van der Waals surface area contributed by atoms with E-state index in [2.05, 4.69) is 20.2 Å². The summed E-state index contributed by atoms with van der Waals surface area (Å²) in [5, 5.41) is 0. The van der Waals surface area contributed by atoms with Crippen molar-refractivity contribution < 1.29 is 16.8 Å². The standard InChI is InChI=1S/C6H10O4S/c1-3-5-6-10-11(7,8)9-4-2/h4,6H2,1-2H3. The molecule has 11 heavy (non-hydrogen) atoms. The Morgan fingerprint density at radius 3 is 2.45 bits per heavy atom. The maximum Gasteiger partial charge on any atom is 0.400 e. The lowest BCUT2D eigenvalue weighted by atomic mass is 10.6. The zero-order valence-corrected chi connectivity index (χ0v) is 7.27. The molecule has 0 saturated heterocycles. The maximum atomic E-state index is 10.6. The monoisotopic (exact) mass is 178 g/mol. The van der Waals surface area contributed by atoms with Crippen LogP contribution in [0.1, 0.15) is 13.8 Å². The Morgan fingerprint density at radius 1 is 1.36 bits per heavy atom. The van der Waals surface area contributed by atoms with Crippen LogP contribution in [0.15, 0.2) is 0 Å². The Bertz CT molecular complexity index is 243. The van der Waals surface area contributed by atoms with E-state index in [4.69, 9.17) is 0 Å². The molecule has 0 aromatic heterocycles. The zero-order chi connectivity index (χ0) is 8.74. The van der Waals surface area contributed by atoms with Gasteiger partial charge in [-0.15, -0.1) is 5.92 Å². The molecule has 4 nitrogen and oxygen atoms in total. The molecule has 0 heterocycles. The minimum absolute atomic E-state index is 0.0713. The normalized spacial score (nSPS) is 10.4. The highest BCUT2D eigenvalue weighted by Gasteiger charge is 2.07. The summed E-state index contributed by atoms with van der Waals surface area (Å²) in [5.41, 5.74) is 0. The van der Waals surface area contributed by atoms with Crippen molar-refractivity contribution in [3.05, 3.63) is 0 Å². The first-order valence-corrected chi connectivity index (χ1v) is 4.39. The number of hydrogen-bond acceptors (Lipinski definition) is 4. The van der Waals surface area contributed by atoms with Crippen molar-refractivity contribution in [3.63, 3.8) is 0 Å². The zero-order valence-electron chi connectivity index (χ0n) is 6.46. The molecular formula is C6H10O4S. The van der Waals surface area contributed by atoms with Crippen LogP contribution in [0.4, 0.5) is 0 Å². The summed E-state index contributed by atoms with van der Waals surface area (Å²) >= 11 is 0. The Balaban J connectivity index is 3.80. The molecule has 0 rings (SSSR count). The molecule has 0 saturated carbocycles. The third-order valence-electron chi connectivity index (χ3n) is 0.714. The molecule has 0 aliphatic heterocycles. The average molecular weight is 178 g/mol. The second kappa shape index (κ2) is 5.13. The predicted molar refractivity (Wildman–Crippen MR) is 39.9 cm³/mol. The Hall–Kier alpha value is -0.570. The fourth-order valence-electron chi connectivity index (χ4n) is 0.352. The maximum absolute atomic E-state index is 10.6. The van der Waals surface area contributed by atoms with Crippen LogP contribution in [0.3, 0.4) is 0 Å². The first-order chi connectivity index (χ1) is 5.12. The van der Waals surface area contributed by atoms with Crippen LogP contribution in [0.2, 0.25) is 0 Å². The Labute approximate surface area is 66.8 Å². The van der Waals surface area contributed by atoms with Crippen LogP contribution in [0.25, 0.3) is 0 Å². The van der Waals surface area contributed by atoms with E-state index in [1.54, 1.807) is 13.8 Å². The lowest BCUT2D eigenvalue weighted by Crippen LogP contribution is -2.09. The molecular weight excluding hydrogens is 168 g/mol. The number of hydrogen-bond donors (Lipinski definition) is 0. The third-order valence-corrected chi connectivity index (χ3v) is 1.65. The van der Waals surface area contributed by atoms with Gasteiger partial charge in [0.25, 0.3) is 0 Å². The van der Waals surface area contributed by atoms with Crippen molar-refractivity contribution in [2.45, 2.75) is 13.8 Å². The van der Waals surface area contributed by atoms with Crippen LogP contribution >= 0.6 is 0 Å². The van der Waals surface area contributed by atoms with E-state index >= 15 is 0 Å². The highest BCUT2D eigenvalue weighted by Crippen LogP contribution is 1.93. The van der Waals surface area contributed by atoms with Crippen molar-refractivity contribution in [1.82, 2.24) is 0 Å². The summed E-state index contributed by atoms with van der Waals surface area (Å²) < 4.78 is 29.7. The van der Waals surface area contributed by atoms with Crippen LogP contribution in [0, 0.1) is 11.8 Å².